The third kappa shape index (κ3) is 2.74. The van der Waals surface area contributed by atoms with Crippen molar-refractivity contribution in [1.29, 1.82) is 0 Å². The lowest BCUT2D eigenvalue weighted by Gasteiger charge is -2.22. The number of nitrogens with one attached hydrogen (secondary N) is 1. The van der Waals surface area contributed by atoms with Gasteiger partial charge in [-0.2, -0.15) is 4.98 Å². The largest absolute Gasteiger partial charge is 0.354 e. The molecule has 0 amide bonds. The van der Waals surface area contributed by atoms with E-state index in [9.17, 15) is 10.1 Å². The molecule has 0 saturated carbocycles. The molecule has 1 aromatic heterocycles. The van der Waals surface area contributed by atoms with Crippen LogP contribution in [-0.4, -0.2) is 34.0 Å². The summed E-state index contributed by atoms with van der Waals surface area (Å²) in [7, 11) is 0. The van der Waals surface area contributed by atoms with Crippen molar-refractivity contribution in [2.24, 2.45) is 5.92 Å². The third-order valence-electron chi connectivity index (χ3n) is 3.34. The van der Waals surface area contributed by atoms with Gasteiger partial charge in [0.15, 0.2) is 0 Å². The maximum atomic E-state index is 11.1. The molecule has 1 fully saturated rings. The molecule has 1 aromatic rings. The first-order valence-corrected chi connectivity index (χ1v) is 6.54. The molecule has 1 aliphatic heterocycles. The number of nitro groups is 1. The fraction of sp³-hybridized carbons (Fsp3) is 0.667. The Hall–Kier alpha value is -1.92. The fourth-order valence-electron chi connectivity index (χ4n) is 2.54. The highest BCUT2D eigenvalue weighted by Gasteiger charge is 2.32. The number of hydrogen-bond donors (Lipinski definition) is 1. The van der Waals surface area contributed by atoms with Gasteiger partial charge in [0.2, 0.25) is 11.8 Å². The van der Waals surface area contributed by atoms with E-state index >= 15 is 0 Å². The van der Waals surface area contributed by atoms with Crippen LogP contribution in [0.3, 0.4) is 0 Å². The summed E-state index contributed by atoms with van der Waals surface area (Å²) in [6, 6.07) is 0.262. The van der Waals surface area contributed by atoms with E-state index in [0.29, 0.717) is 24.2 Å². The highest BCUT2D eigenvalue weighted by atomic mass is 16.6. The summed E-state index contributed by atoms with van der Waals surface area (Å²) in [5.41, 5.74) is -0.0254. The zero-order valence-corrected chi connectivity index (χ0v) is 11.5. The number of hydrogen-bond acceptors (Lipinski definition) is 6. The Kier molecular flexibility index (Phi) is 3.82. The quantitative estimate of drug-likeness (QED) is 0.662. The Labute approximate surface area is 112 Å². The second-order valence-corrected chi connectivity index (χ2v) is 5.03. The molecule has 0 spiro atoms. The van der Waals surface area contributed by atoms with Crippen molar-refractivity contribution in [1.82, 2.24) is 9.97 Å². The lowest BCUT2D eigenvalue weighted by Crippen LogP contribution is -2.28. The van der Waals surface area contributed by atoms with E-state index in [2.05, 4.69) is 29.1 Å². The van der Waals surface area contributed by atoms with Gasteiger partial charge in [0.1, 0.15) is 6.20 Å². The van der Waals surface area contributed by atoms with Crippen LogP contribution in [0.2, 0.25) is 0 Å². The summed E-state index contributed by atoms with van der Waals surface area (Å²) in [4.78, 5) is 21.0. The highest BCUT2D eigenvalue weighted by Crippen LogP contribution is 2.33. The minimum absolute atomic E-state index is 0.0254. The van der Waals surface area contributed by atoms with Crippen molar-refractivity contribution in [2.45, 2.75) is 33.2 Å². The first-order valence-electron chi connectivity index (χ1n) is 6.54. The molecule has 2 heterocycles. The molecule has 104 valence electrons. The van der Waals surface area contributed by atoms with Crippen molar-refractivity contribution in [2.75, 3.05) is 23.3 Å². The van der Waals surface area contributed by atoms with Crippen molar-refractivity contribution >= 4 is 17.5 Å². The van der Waals surface area contributed by atoms with Gasteiger partial charge in [-0.3, -0.25) is 10.1 Å². The van der Waals surface area contributed by atoms with Gasteiger partial charge in [0.25, 0.3) is 0 Å². The predicted octanol–water partition coefficient (Wildman–Crippen LogP) is 2.05. The predicted molar refractivity (Wildman–Crippen MR) is 73.4 cm³/mol. The molecule has 19 heavy (non-hydrogen) atoms. The van der Waals surface area contributed by atoms with Gasteiger partial charge in [0, 0.05) is 19.1 Å². The number of rotatable bonds is 4. The van der Waals surface area contributed by atoms with Gasteiger partial charge in [-0.1, -0.05) is 6.92 Å². The van der Waals surface area contributed by atoms with Crippen LogP contribution in [0.25, 0.3) is 0 Å². The molecule has 1 N–H and O–H groups in total. The van der Waals surface area contributed by atoms with E-state index in [1.807, 2.05) is 11.8 Å². The maximum Gasteiger partial charge on any atom is 0.329 e. The van der Waals surface area contributed by atoms with Gasteiger partial charge in [-0.15, -0.1) is 0 Å². The average Bonchev–Trinajstić information content (AvgIpc) is 2.68. The van der Waals surface area contributed by atoms with Gasteiger partial charge in [-0.25, -0.2) is 4.98 Å². The standard InChI is InChI=1S/C12H19N5O2/c1-4-13-12-14-6-10(17(18)19)11(15-12)16-7-8(2)5-9(16)3/h6,8-9H,4-5,7H2,1-3H3,(H,13,14,15). The van der Waals surface area contributed by atoms with Crippen LogP contribution in [0.5, 0.6) is 0 Å². The van der Waals surface area contributed by atoms with Crippen LogP contribution >= 0.6 is 0 Å². The van der Waals surface area contributed by atoms with Crippen molar-refractivity contribution < 1.29 is 4.92 Å². The minimum atomic E-state index is -0.416. The SMILES string of the molecule is CCNc1ncc([N+](=O)[O-])c(N2CC(C)CC2C)n1. The minimum Gasteiger partial charge on any atom is -0.354 e. The summed E-state index contributed by atoms with van der Waals surface area (Å²) in [6.45, 7) is 7.63. The Morgan fingerprint density at radius 3 is 2.84 bits per heavy atom. The molecule has 7 nitrogen and oxygen atoms in total. The fourth-order valence-corrected chi connectivity index (χ4v) is 2.54. The van der Waals surface area contributed by atoms with Gasteiger partial charge in [0.05, 0.1) is 4.92 Å². The van der Waals surface area contributed by atoms with Crippen molar-refractivity contribution in [3.63, 3.8) is 0 Å². The van der Waals surface area contributed by atoms with Crippen molar-refractivity contribution in [3.05, 3.63) is 16.3 Å². The molecular formula is C12H19N5O2. The topological polar surface area (TPSA) is 84.2 Å². The molecule has 1 aliphatic rings. The van der Waals surface area contributed by atoms with Gasteiger partial charge in [-0.05, 0) is 26.2 Å². The molecule has 0 aromatic carbocycles. The van der Waals surface area contributed by atoms with Crippen LogP contribution in [0.1, 0.15) is 27.2 Å². The highest BCUT2D eigenvalue weighted by molar-refractivity contribution is 5.60. The van der Waals surface area contributed by atoms with Crippen molar-refractivity contribution in [3.8, 4) is 0 Å². The summed E-state index contributed by atoms with van der Waals surface area (Å²) < 4.78 is 0. The Bertz CT molecular complexity index is 479. The van der Waals surface area contributed by atoms with E-state index in [-0.39, 0.29) is 11.7 Å². The molecule has 7 heteroatoms. The normalized spacial score (nSPS) is 22.6. The molecule has 1 saturated heterocycles. The first-order chi connectivity index (χ1) is 9.02. The zero-order valence-electron chi connectivity index (χ0n) is 11.5. The van der Waals surface area contributed by atoms with Crippen LogP contribution in [0.15, 0.2) is 6.20 Å². The number of nitrogens with zero attached hydrogens (tertiary/aromatic N) is 4. The van der Waals surface area contributed by atoms with Crippen LogP contribution in [0, 0.1) is 16.0 Å². The summed E-state index contributed by atoms with van der Waals surface area (Å²) in [5, 5.41) is 14.1. The Morgan fingerprint density at radius 2 is 2.32 bits per heavy atom. The number of aromatic nitrogens is 2. The van der Waals surface area contributed by atoms with Gasteiger partial charge >= 0.3 is 5.69 Å². The van der Waals surface area contributed by atoms with E-state index in [0.717, 1.165) is 13.0 Å². The monoisotopic (exact) mass is 265 g/mol. The lowest BCUT2D eigenvalue weighted by molar-refractivity contribution is -0.384. The second kappa shape index (κ2) is 5.38. The smallest absolute Gasteiger partial charge is 0.329 e. The lowest BCUT2D eigenvalue weighted by atomic mass is 10.1. The Morgan fingerprint density at radius 1 is 1.58 bits per heavy atom. The van der Waals surface area contributed by atoms with Crippen LogP contribution in [0.4, 0.5) is 17.5 Å². The third-order valence-corrected chi connectivity index (χ3v) is 3.34. The maximum absolute atomic E-state index is 11.1. The summed E-state index contributed by atoms with van der Waals surface area (Å²) in [5.74, 6) is 1.38. The average molecular weight is 265 g/mol. The molecule has 0 bridgehead atoms. The van der Waals surface area contributed by atoms with E-state index < -0.39 is 4.92 Å². The molecule has 0 aliphatic carbocycles. The number of anilines is 2. The summed E-state index contributed by atoms with van der Waals surface area (Å²) >= 11 is 0. The zero-order chi connectivity index (χ0) is 14.0. The molecule has 2 unspecified atom stereocenters. The van der Waals surface area contributed by atoms with E-state index in [1.54, 1.807) is 0 Å². The molecule has 2 rings (SSSR count). The summed E-state index contributed by atoms with van der Waals surface area (Å²) in [6.07, 6.45) is 2.31. The second-order valence-electron chi connectivity index (χ2n) is 5.03. The Balaban J connectivity index is 2.40. The molecule has 0 radical (unpaired) electrons. The van der Waals surface area contributed by atoms with E-state index in [1.165, 1.54) is 6.20 Å². The van der Waals surface area contributed by atoms with Gasteiger partial charge < -0.3 is 10.2 Å². The first kappa shape index (κ1) is 13.5. The van der Waals surface area contributed by atoms with Crippen LogP contribution < -0.4 is 10.2 Å². The molecular weight excluding hydrogens is 246 g/mol. The molecule has 2 atom stereocenters. The van der Waals surface area contributed by atoms with E-state index in [4.69, 9.17) is 0 Å². The van der Waals surface area contributed by atoms with Crippen LogP contribution in [-0.2, 0) is 0 Å².